The number of likely N-dealkylation sites (tertiary alicyclic amines) is 1. The first kappa shape index (κ1) is 20.4. The van der Waals surface area contributed by atoms with Crippen molar-refractivity contribution in [3.63, 3.8) is 0 Å². The molecule has 2 N–H and O–H groups in total. The van der Waals surface area contributed by atoms with Crippen molar-refractivity contribution in [2.24, 2.45) is 12.0 Å². The van der Waals surface area contributed by atoms with E-state index in [-0.39, 0.29) is 0 Å². The van der Waals surface area contributed by atoms with Gasteiger partial charge in [-0.3, -0.25) is 14.6 Å². The summed E-state index contributed by atoms with van der Waals surface area (Å²) in [5.74, 6) is 0.851. The van der Waals surface area contributed by atoms with Gasteiger partial charge in [-0.15, -0.1) is 0 Å². The molecule has 1 aromatic heterocycles. The van der Waals surface area contributed by atoms with Crippen LogP contribution in [0.1, 0.15) is 42.4 Å². The first-order chi connectivity index (χ1) is 13.7. The molecular formula is C22H34N6. The van der Waals surface area contributed by atoms with E-state index >= 15 is 0 Å². The zero-order valence-corrected chi connectivity index (χ0v) is 17.3. The highest BCUT2D eigenvalue weighted by molar-refractivity contribution is 5.79. The maximum Gasteiger partial charge on any atom is 0.191 e. The van der Waals surface area contributed by atoms with Gasteiger partial charge in [-0.1, -0.05) is 30.7 Å². The summed E-state index contributed by atoms with van der Waals surface area (Å²) in [6.07, 6.45) is 10.2. The molecule has 6 heteroatoms. The van der Waals surface area contributed by atoms with Crippen molar-refractivity contribution in [3.8, 4) is 0 Å². The average Bonchev–Trinajstić information content (AvgIpc) is 3.14. The molecule has 28 heavy (non-hydrogen) atoms. The lowest BCUT2D eigenvalue weighted by Crippen LogP contribution is -2.37. The first-order valence-corrected chi connectivity index (χ1v) is 10.4. The Balaban J connectivity index is 1.35. The highest BCUT2D eigenvalue weighted by Crippen LogP contribution is 2.13. The maximum atomic E-state index is 4.32. The van der Waals surface area contributed by atoms with E-state index in [1.807, 2.05) is 25.0 Å². The molecule has 3 rings (SSSR count). The number of nitrogens with one attached hydrogen (secondary N) is 2. The molecule has 1 fully saturated rings. The fraction of sp³-hybridized carbons (Fsp3) is 0.545. The predicted molar refractivity (Wildman–Crippen MR) is 115 cm³/mol. The molecule has 1 aliphatic heterocycles. The number of rotatable bonds is 8. The van der Waals surface area contributed by atoms with E-state index in [4.69, 9.17) is 0 Å². The van der Waals surface area contributed by atoms with Gasteiger partial charge in [-0.2, -0.15) is 5.10 Å². The third-order valence-electron chi connectivity index (χ3n) is 5.25. The van der Waals surface area contributed by atoms with Crippen LogP contribution in [0.15, 0.2) is 41.7 Å². The molecule has 0 spiro atoms. The molecule has 0 saturated carbocycles. The molecule has 0 unspecified atom stereocenters. The second-order valence-electron chi connectivity index (χ2n) is 7.63. The van der Waals surface area contributed by atoms with Crippen LogP contribution >= 0.6 is 0 Å². The second kappa shape index (κ2) is 10.9. The van der Waals surface area contributed by atoms with E-state index in [9.17, 15) is 0 Å². The summed E-state index contributed by atoms with van der Waals surface area (Å²) in [5, 5.41) is 11.0. The molecule has 2 heterocycles. The zero-order chi connectivity index (χ0) is 19.6. The van der Waals surface area contributed by atoms with E-state index in [0.717, 1.165) is 38.4 Å². The number of aryl methyl sites for hydroxylation is 2. The number of aromatic nitrogens is 2. The summed E-state index contributed by atoms with van der Waals surface area (Å²) in [4.78, 5) is 6.88. The normalized spacial score (nSPS) is 15.6. The van der Waals surface area contributed by atoms with E-state index in [1.54, 1.807) is 0 Å². The predicted octanol–water partition coefficient (Wildman–Crippen LogP) is 2.70. The molecule has 1 aliphatic rings. The number of benzene rings is 1. The minimum atomic E-state index is 0.784. The minimum absolute atomic E-state index is 0.784. The quantitative estimate of drug-likeness (QED) is 0.419. The fourth-order valence-electron chi connectivity index (χ4n) is 3.64. The van der Waals surface area contributed by atoms with Gasteiger partial charge >= 0.3 is 0 Å². The summed E-state index contributed by atoms with van der Waals surface area (Å²) < 4.78 is 1.85. The highest BCUT2D eigenvalue weighted by atomic mass is 15.2. The monoisotopic (exact) mass is 382 g/mol. The highest BCUT2D eigenvalue weighted by Gasteiger charge is 2.10. The van der Waals surface area contributed by atoms with Gasteiger partial charge in [0.05, 0.1) is 6.20 Å². The minimum Gasteiger partial charge on any atom is -0.356 e. The summed E-state index contributed by atoms with van der Waals surface area (Å²) in [7, 11) is 3.77. The van der Waals surface area contributed by atoms with Crippen LogP contribution in [0.3, 0.4) is 0 Å². The number of guanidine groups is 1. The maximum absolute atomic E-state index is 4.32. The van der Waals surface area contributed by atoms with Crippen LogP contribution in [-0.4, -0.2) is 47.3 Å². The van der Waals surface area contributed by atoms with E-state index < -0.39 is 0 Å². The Kier molecular flexibility index (Phi) is 7.91. The van der Waals surface area contributed by atoms with Crippen molar-refractivity contribution in [2.45, 2.75) is 45.2 Å². The van der Waals surface area contributed by atoms with Gasteiger partial charge in [0.15, 0.2) is 5.96 Å². The van der Waals surface area contributed by atoms with Gasteiger partial charge in [-0.25, -0.2) is 0 Å². The van der Waals surface area contributed by atoms with Gasteiger partial charge < -0.3 is 10.6 Å². The van der Waals surface area contributed by atoms with Gasteiger partial charge in [0.25, 0.3) is 0 Å². The average molecular weight is 383 g/mol. The van der Waals surface area contributed by atoms with Crippen LogP contribution in [0.4, 0.5) is 0 Å². The van der Waals surface area contributed by atoms with Crippen LogP contribution in [0.25, 0.3) is 0 Å². The van der Waals surface area contributed by atoms with Crippen molar-refractivity contribution < 1.29 is 0 Å². The second-order valence-corrected chi connectivity index (χ2v) is 7.63. The summed E-state index contributed by atoms with van der Waals surface area (Å²) >= 11 is 0. The van der Waals surface area contributed by atoms with Gasteiger partial charge in [0.2, 0.25) is 0 Å². The van der Waals surface area contributed by atoms with Crippen molar-refractivity contribution >= 4 is 5.96 Å². The molecule has 6 nitrogen and oxygen atoms in total. The molecule has 2 aromatic rings. The molecule has 0 radical (unpaired) electrons. The Morgan fingerprint density at radius 3 is 2.46 bits per heavy atom. The summed E-state index contributed by atoms with van der Waals surface area (Å²) in [5.41, 5.74) is 3.96. The van der Waals surface area contributed by atoms with Crippen LogP contribution in [0.2, 0.25) is 0 Å². The molecule has 152 valence electrons. The lowest BCUT2D eigenvalue weighted by atomic mass is 10.1. The number of nitrogens with zero attached hydrogens (tertiary/aromatic N) is 4. The largest absolute Gasteiger partial charge is 0.356 e. The lowest BCUT2D eigenvalue weighted by molar-refractivity contribution is 0.221. The van der Waals surface area contributed by atoms with Crippen LogP contribution in [-0.2, 0) is 26.6 Å². The van der Waals surface area contributed by atoms with E-state index in [1.165, 1.54) is 49.0 Å². The zero-order valence-electron chi connectivity index (χ0n) is 17.3. The SMILES string of the molecule is CN=C(NCCCc1cnn(C)c1)NCc1ccc(CN2CCCCC2)cc1. The lowest BCUT2D eigenvalue weighted by Gasteiger charge is -2.26. The Labute approximate surface area is 169 Å². The smallest absolute Gasteiger partial charge is 0.191 e. The van der Waals surface area contributed by atoms with Crippen molar-refractivity contribution in [1.82, 2.24) is 25.3 Å². The Bertz CT molecular complexity index is 728. The van der Waals surface area contributed by atoms with Gasteiger partial charge in [-0.05, 0) is 55.5 Å². The molecule has 0 atom stereocenters. The molecule has 1 aromatic carbocycles. The Hall–Kier alpha value is -2.34. The Morgan fingerprint density at radius 1 is 1.04 bits per heavy atom. The van der Waals surface area contributed by atoms with Gasteiger partial charge in [0, 0.05) is 39.9 Å². The third kappa shape index (κ3) is 6.68. The standard InChI is InChI=1S/C22H34N6/c1-23-22(24-12-6-7-21-16-26-27(2)17-21)25-15-19-8-10-20(11-9-19)18-28-13-4-3-5-14-28/h8-11,16-17H,3-7,12-15,18H2,1-2H3,(H2,23,24,25). The van der Waals surface area contributed by atoms with Gasteiger partial charge in [0.1, 0.15) is 0 Å². The number of hydrogen-bond donors (Lipinski definition) is 2. The van der Waals surface area contributed by atoms with Crippen LogP contribution in [0, 0.1) is 0 Å². The number of aliphatic imine (C=N–C) groups is 1. The number of piperidine rings is 1. The molecule has 1 saturated heterocycles. The number of hydrogen-bond acceptors (Lipinski definition) is 3. The molecule has 0 amide bonds. The summed E-state index contributed by atoms with van der Waals surface area (Å²) in [6, 6.07) is 8.97. The topological polar surface area (TPSA) is 57.5 Å². The Morgan fingerprint density at radius 2 is 1.79 bits per heavy atom. The fourth-order valence-corrected chi connectivity index (χ4v) is 3.64. The van der Waals surface area contributed by atoms with Crippen molar-refractivity contribution in [1.29, 1.82) is 0 Å². The van der Waals surface area contributed by atoms with Crippen molar-refractivity contribution in [3.05, 3.63) is 53.3 Å². The molecule has 0 bridgehead atoms. The van der Waals surface area contributed by atoms with Crippen molar-refractivity contribution in [2.75, 3.05) is 26.7 Å². The summed E-state index contributed by atoms with van der Waals surface area (Å²) in [6.45, 7) is 5.24. The molecule has 0 aliphatic carbocycles. The molecular weight excluding hydrogens is 348 g/mol. The van der Waals surface area contributed by atoms with E-state index in [0.29, 0.717) is 0 Å². The first-order valence-electron chi connectivity index (χ1n) is 10.4. The third-order valence-corrected chi connectivity index (χ3v) is 5.25. The van der Waals surface area contributed by atoms with Crippen LogP contribution < -0.4 is 10.6 Å². The van der Waals surface area contributed by atoms with E-state index in [2.05, 4.69) is 56.1 Å². The van der Waals surface area contributed by atoms with Crippen LogP contribution in [0.5, 0.6) is 0 Å².